The minimum Gasteiger partial charge on any atom is -0.337 e. The van der Waals surface area contributed by atoms with Gasteiger partial charge in [-0.25, -0.2) is 13.8 Å². The van der Waals surface area contributed by atoms with Crippen LogP contribution in [0.4, 0.5) is 14.5 Å². The molecule has 0 saturated heterocycles. The molecule has 7 heteroatoms. The number of carbonyl (C=O) groups is 1. The van der Waals surface area contributed by atoms with Gasteiger partial charge in [0.15, 0.2) is 0 Å². The third-order valence-electron chi connectivity index (χ3n) is 3.43. The second-order valence-corrected chi connectivity index (χ2v) is 4.68. The third-order valence-corrected chi connectivity index (χ3v) is 3.43. The van der Waals surface area contributed by atoms with Gasteiger partial charge in [0.1, 0.15) is 23.5 Å². The van der Waals surface area contributed by atoms with Gasteiger partial charge in [-0.05, 0) is 6.07 Å². The highest BCUT2D eigenvalue weighted by molar-refractivity contribution is 6.04. The van der Waals surface area contributed by atoms with Gasteiger partial charge in [-0.2, -0.15) is 0 Å². The number of benzene rings is 1. The molecule has 2 N–H and O–H groups in total. The average molecular weight is 278 g/mol. The van der Waals surface area contributed by atoms with Crippen molar-refractivity contribution in [1.29, 1.82) is 0 Å². The number of nitrogens with two attached hydrogens (primary N) is 1. The molecule has 0 radical (unpaired) electrons. The molecule has 1 amide bonds. The van der Waals surface area contributed by atoms with E-state index in [0.29, 0.717) is 5.82 Å². The van der Waals surface area contributed by atoms with E-state index in [4.69, 9.17) is 5.73 Å². The summed E-state index contributed by atoms with van der Waals surface area (Å²) in [5, 5.41) is 0. The fourth-order valence-electron chi connectivity index (χ4n) is 2.37. The second kappa shape index (κ2) is 4.38. The molecule has 3 rings (SSSR count). The van der Waals surface area contributed by atoms with E-state index in [0.717, 1.165) is 12.1 Å². The van der Waals surface area contributed by atoms with Crippen LogP contribution in [0.5, 0.6) is 0 Å². The van der Waals surface area contributed by atoms with Gasteiger partial charge in [-0.1, -0.05) is 0 Å². The Bertz CT molecular complexity index is 698. The molecule has 2 heterocycles. The molecule has 1 aromatic carbocycles. The molecular weight excluding hydrogens is 266 g/mol. The van der Waals surface area contributed by atoms with E-state index in [1.54, 1.807) is 24.0 Å². The van der Waals surface area contributed by atoms with Crippen molar-refractivity contribution < 1.29 is 13.6 Å². The van der Waals surface area contributed by atoms with Crippen LogP contribution < -0.4 is 10.6 Å². The van der Waals surface area contributed by atoms with E-state index in [1.165, 1.54) is 4.90 Å². The number of anilines is 1. The Morgan fingerprint density at radius 1 is 1.40 bits per heavy atom. The van der Waals surface area contributed by atoms with Gasteiger partial charge in [0, 0.05) is 31.1 Å². The molecule has 104 valence electrons. The number of halogens is 2. The average Bonchev–Trinajstić information content (AvgIpc) is 2.87. The predicted octanol–water partition coefficient (Wildman–Crippen LogP) is 1.24. The van der Waals surface area contributed by atoms with Crippen LogP contribution in [-0.2, 0) is 18.4 Å². The van der Waals surface area contributed by atoms with E-state index in [9.17, 15) is 13.6 Å². The highest BCUT2D eigenvalue weighted by atomic mass is 19.1. The summed E-state index contributed by atoms with van der Waals surface area (Å²) in [6, 6.07) is 0.744. The van der Waals surface area contributed by atoms with E-state index in [2.05, 4.69) is 4.98 Å². The Kier molecular flexibility index (Phi) is 2.79. The zero-order chi connectivity index (χ0) is 14.4. The van der Waals surface area contributed by atoms with Crippen molar-refractivity contribution in [3.8, 4) is 0 Å². The number of carbonyl (C=O) groups excluding carboxylic acids is 1. The first-order valence-electron chi connectivity index (χ1n) is 6.01. The largest absolute Gasteiger partial charge is 0.337 e. The number of nitrogens with zero attached hydrogens (tertiary/aromatic N) is 3. The normalized spacial score (nSPS) is 17.7. The first-order chi connectivity index (χ1) is 9.49. The summed E-state index contributed by atoms with van der Waals surface area (Å²) >= 11 is 0. The van der Waals surface area contributed by atoms with Crippen LogP contribution in [0.1, 0.15) is 17.4 Å². The van der Waals surface area contributed by atoms with Crippen LogP contribution in [0.25, 0.3) is 0 Å². The molecule has 1 aliphatic rings. The zero-order valence-electron chi connectivity index (χ0n) is 10.7. The zero-order valence-corrected chi connectivity index (χ0v) is 10.7. The quantitative estimate of drug-likeness (QED) is 0.899. The maximum Gasteiger partial charge on any atom is 0.249 e. The van der Waals surface area contributed by atoms with Crippen LogP contribution in [0, 0.1) is 11.6 Å². The number of imidazole rings is 1. The third kappa shape index (κ3) is 1.78. The standard InChI is InChI=1S/C13H12F2N4O/c1-18-3-2-17-10(18)6-19-9-5-7(14)4-8(15)11(9)12(16)13(19)20/h2-5,12H,6,16H2,1H3. The van der Waals surface area contributed by atoms with Gasteiger partial charge in [0.2, 0.25) is 5.91 Å². The van der Waals surface area contributed by atoms with Gasteiger partial charge in [0.25, 0.3) is 0 Å². The van der Waals surface area contributed by atoms with Crippen molar-refractivity contribution in [3.05, 3.63) is 47.5 Å². The number of amides is 1. The summed E-state index contributed by atoms with van der Waals surface area (Å²) < 4.78 is 28.9. The summed E-state index contributed by atoms with van der Waals surface area (Å²) in [7, 11) is 1.77. The Morgan fingerprint density at radius 3 is 2.80 bits per heavy atom. The molecule has 0 saturated carbocycles. The van der Waals surface area contributed by atoms with E-state index in [-0.39, 0.29) is 17.8 Å². The van der Waals surface area contributed by atoms with Crippen molar-refractivity contribution in [2.45, 2.75) is 12.6 Å². The monoisotopic (exact) mass is 278 g/mol. The molecule has 2 aromatic rings. The highest BCUT2D eigenvalue weighted by Gasteiger charge is 2.38. The number of aryl methyl sites for hydroxylation is 1. The van der Waals surface area contributed by atoms with Crippen LogP contribution in [-0.4, -0.2) is 15.5 Å². The lowest BCUT2D eigenvalue weighted by Gasteiger charge is -2.17. The SMILES string of the molecule is Cn1ccnc1CN1C(=O)C(N)c2c(F)cc(F)cc21. The molecule has 1 unspecified atom stereocenters. The number of rotatable bonds is 2. The fourth-order valence-corrected chi connectivity index (χ4v) is 2.37. The molecule has 5 nitrogen and oxygen atoms in total. The van der Waals surface area contributed by atoms with Crippen molar-refractivity contribution in [2.75, 3.05) is 4.90 Å². The van der Waals surface area contributed by atoms with Crippen LogP contribution in [0.15, 0.2) is 24.5 Å². The van der Waals surface area contributed by atoms with Gasteiger partial charge in [-0.15, -0.1) is 0 Å². The van der Waals surface area contributed by atoms with Crippen molar-refractivity contribution in [3.63, 3.8) is 0 Å². The highest BCUT2D eigenvalue weighted by Crippen LogP contribution is 2.37. The predicted molar refractivity (Wildman–Crippen MR) is 67.7 cm³/mol. The van der Waals surface area contributed by atoms with Gasteiger partial charge >= 0.3 is 0 Å². The lowest BCUT2D eigenvalue weighted by atomic mass is 10.1. The first kappa shape index (κ1) is 12.7. The fraction of sp³-hybridized carbons (Fsp3) is 0.231. The van der Waals surface area contributed by atoms with Gasteiger partial charge < -0.3 is 15.2 Å². The van der Waals surface area contributed by atoms with Crippen molar-refractivity contribution in [1.82, 2.24) is 9.55 Å². The Hall–Kier alpha value is -2.28. The van der Waals surface area contributed by atoms with E-state index in [1.807, 2.05) is 0 Å². The van der Waals surface area contributed by atoms with Gasteiger partial charge in [0.05, 0.1) is 12.2 Å². The number of hydrogen-bond acceptors (Lipinski definition) is 3. The topological polar surface area (TPSA) is 64.2 Å². The molecular formula is C13H12F2N4O. The van der Waals surface area contributed by atoms with E-state index >= 15 is 0 Å². The van der Waals surface area contributed by atoms with E-state index < -0.39 is 23.6 Å². The number of hydrogen-bond donors (Lipinski definition) is 1. The van der Waals surface area contributed by atoms with Crippen molar-refractivity contribution in [2.24, 2.45) is 12.8 Å². The smallest absolute Gasteiger partial charge is 0.249 e. The Morgan fingerprint density at radius 2 is 2.15 bits per heavy atom. The number of fused-ring (bicyclic) bond motifs is 1. The first-order valence-corrected chi connectivity index (χ1v) is 6.01. The molecule has 1 atom stereocenters. The number of aromatic nitrogens is 2. The van der Waals surface area contributed by atoms with Crippen LogP contribution in [0.2, 0.25) is 0 Å². The maximum atomic E-state index is 13.8. The summed E-state index contributed by atoms with van der Waals surface area (Å²) in [6.45, 7) is 0.117. The second-order valence-electron chi connectivity index (χ2n) is 4.68. The maximum absolute atomic E-state index is 13.8. The lowest BCUT2D eigenvalue weighted by Crippen LogP contribution is -2.32. The van der Waals surface area contributed by atoms with Crippen molar-refractivity contribution >= 4 is 11.6 Å². The summed E-state index contributed by atoms with van der Waals surface area (Å²) in [4.78, 5) is 17.5. The Balaban J connectivity index is 2.06. The molecule has 20 heavy (non-hydrogen) atoms. The van der Waals surface area contributed by atoms with Crippen LogP contribution in [0.3, 0.4) is 0 Å². The van der Waals surface area contributed by atoms with Gasteiger partial charge in [-0.3, -0.25) is 4.79 Å². The molecule has 0 fully saturated rings. The minimum absolute atomic E-state index is 0.0330. The summed E-state index contributed by atoms with van der Waals surface area (Å²) in [6.07, 6.45) is 3.31. The minimum atomic E-state index is -1.11. The lowest BCUT2D eigenvalue weighted by molar-refractivity contribution is -0.119. The van der Waals surface area contributed by atoms with Crippen LogP contribution >= 0.6 is 0 Å². The Labute approximate surface area is 113 Å². The molecule has 0 spiro atoms. The summed E-state index contributed by atoms with van der Waals surface area (Å²) in [5.41, 5.74) is 5.92. The molecule has 0 bridgehead atoms. The molecule has 0 aliphatic carbocycles. The summed E-state index contributed by atoms with van der Waals surface area (Å²) in [5.74, 6) is -1.41. The molecule has 1 aromatic heterocycles. The molecule has 1 aliphatic heterocycles.